The van der Waals surface area contributed by atoms with Crippen LogP contribution in [0.15, 0.2) is 36.4 Å². The Morgan fingerprint density at radius 2 is 2.11 bits per heavy atom. The van der Waals surface area contributed by atoms with Crippen LogP contribution in [-0.2, 0) is 0 Å². The average molecular weight is 243 g/mol. The monoisotopic (exact) mass is 243 g/mol. The van der Waals surface area contributed by atoms with Crippen LogP contribution in [0, 0.1) is 5.92 Å². The molecule has 2 aliphatic rings. The van der Waals surface area contributed by atoms with Crippen molar-refractivity contribution < 1.29 is 9.53 Å². The molecule has 0 radical (unpaired) electrons. The fraction of sp³-hybridized carbons (Fsp3) is 0.400. The van der Waals surface area contributed by atoms with E-state index in [1.54, 1.807) is 0 Å². The van der Waals surface area contributed by atoms with Gasteiger partial charge in [-0.25, -0.2) is 0 Å². The first-order chi connectivity index (χ1) is 8.72. The van der Waals surface area contributed by atoms with Gasteiger partial charge in [0.15, 0.2) is 5.78 Å². The van der Waals surface area contributed by atoms with Gasteiger partial charge in [-0.2, -0.15) is 0 Å². The summed E-state index contributed by atoms with van der Waals surface area (Å²) < 4.78 is 5.70. The van der Waals surface area contributed by atoms with Crippen molar-refractivity contribution in [2.24, 2.45) is 11.7 Å². The number of ether oxygens (including phenoxy) is 1. The lowest BCUT2D eigenvalue weighted by Crippen LogP contribution is -2.19. The van der Waals surface area contributed by atoms with Crippen molar-refractivity contribution in [1.29, 1.82) is 0 Å². The molecule has 3 nitrogen and oxygen atoms in total. The molecule has 0 aliphatic heterocycles. The van der Waals surface area contributed by atoms with Gasteiger partial charge in [-0.15, -0.1) is 0 Å². The van der Waals surface area contributed by atoms with Gasteiger partial charge in [-0.3, -0.25) is 4.79 Å². The Hall–Kier alpha value is -1.61. The number of ketones is 1. The van der Waals surface area contributed by atoms with E-state index >= 15 is 0 Å². The van der Waals surface area contributed by atoms with Gasteiger partial charge in [-0.1, -0.05) is 24.3 Å². The molecule has 0 saturated heterocycles. The number of Topliss-reactive ketones (excluding diaryl/α,β-unsaturated/α-hetero) is 1. The highest BCUT2D eigenvalue weighted by atomic mass is 16.5. The van der Waals surface area contributed by atoms with Gasteiger partial charge >= 0.3 is 0 Å². The minimum atomic E-state index is -0.0730. The topological polar surface area (TPSA) is 52.3 Å². The summed E-state index contributed by atoms with van der Waals surface area (Å²) in [5.74, 6) is 0.867. The molecule has 2 aliphatic carbocycles. The maximum atomic E-state index is 12.3. The van der Waals surface area contributed by atoms with Crippen LogP contribution < -0.4 is 10.5 Å². The molecule has 2 N–H and O–H groups in total. The highest BCUT2D eigenvalue weighted by Gasteiger charge is 2.26. The summed E-state index contributed by atoms with van der Waals surface area (Å²) in [5.41, 5.74) is 6.50. The van der Waals surface area contributed by atoms with Crippen molar-refractivity contribution in [1.82, 2.24) is 0 Å². The van der Waals surface area contributed by atoms with E-state index in [0.717, 1.165) is 24.2 Å². The highest BCUT2D eigenvalue weighted by Crippen LogP contribution is 2.28. The molecule has 0 amide bonds. The zero-order valence-corrected chi connectivity index (χ0v) is 10.2. The number of allylic oxidation sites excluding steroid dienone is 1. The molecule has 3 rings (SSSR count). The third kappa shape index (κ3) is 2.46. The van der Waals surface area contributed by atoms with E-state index in [4.69, 9.17) is 10.5 Å². The van der Waals surface area contributed by atoms with Crippen LogP contribution in [0.3, 0.4) is 0 Å². The van der Waals surface area contributed by atoms with E-state index in [1.165, 1.54) is 0 Å². The predicted octanol–water partition coefficient (Wildman–Crippen LogP) is 2.31. The lowest BCUT2D eigenvalue weighted by molar-refractivity contribution is 0.0942. The van der Waals surface area contributed by atoms with Gasteiger partial charge in [0.1, 0.15) is 5.75 Å². The summed E-state index contributed by atoms with van der Waals surface area (Å²) >= 11 is 0. The number of hydrogen-bond acceptors (Lipinski definition) is 3. The van der Waals surface area contributed by atoms with Crippen LogP contribution in [0.2, 0.25) is 0 Å². The van der Waals surface area contributed by atoms with Crippen LogP contribution >= 0.6 is 0 Å². The molecule has 0 spiro atoms. The molecule has 0 bridgehead atoms. The largest absolute Gasteiger partial charge is 0.490 e. The van der Waals surface area contributed by atoms with Crippen molar-refractivity contribution in [3.8, 4) is 5.75 Å². The number of carbonyl (C=O) groups excluding carboxylic acids is 1. The van der Waals surface area contributed by atoms with E-state index in [2.05, 4.69) is 0 Å². The molecule has 2 atom stereocenters. The van der Waals surface area contributed by atoms with Gasteiger partial charge in [0.2, 0.25) is 0 Å². The summed E-state index contributed by atoms with van der Waals surface area (Å²) in [7, 11) is 0. The Kier molecular flexibility index (Phi) is 2.92. The first kappa shape index (κ1) is 11.5. The molecule has 1 fully saturated rings. The fourth-order valence-electron chi connectivity index (χ4n) is 2.24. The molecule has 1 saturated carbocycles. The molecule has 1 aromatic carbocycles. The van der Waals surface area contributed by atoms with E-state index in [0.29, 0.717) is 12.5 Å². The second kappa shape index (κ2) is 4.58. The third-order valence-electron chi connectivity index (χ3n) is 3.40. The number of benzene rings is 1. The Labute approximate surface area is 107 Å². The van der Waals surface area contributed by atoms with Crippen molar-refractivity contribution in [2.45, 2.75) is 31.4 Å². The van der Waals surface area contributed by atoms with Crippen LogP contribution in [0.25, 0.3) is 0 Å². The van der Waals surface area contributed by atoms with Crippen LogP contribution in [0.1, 0.15) is 29.6 Å². The molecule has 2 unspecified atom stereocenters. The van der Waals surface area contributed by atoms with Crippen molar-refractivity contribution in [3.05, 3.63) is 42.0 Å². The quantitative estimate of drug-likeness (QED) is 0.652. The Morgan fingerprint density at radius 3 is 2.78 bits per heavy atom. The molecule has 0 aromatic heterocycles. The Bertz CT molecular complexity index is 491. The van der Waals surface area contributed by atoms with Gasteiger partial charge in [0, 0.05) is 17.5 Å². The highest BCUT2D eigenvalue weighted by molar-refractivity contribution is 5.99. The van der Waals surface area contributed by atoms with Crippen LogP contribution in [0.4, 0.5) is 0 Å². The second-order valence-corrected chi connectivity index (χ2v) is 5.10. The molecular weight excluding hydrogens is 226 g/mol. The van der Waals surface area contributed by atoms with Gasteiger partial charge in [0.05, 0.1) is 6.10 Å². The zero-order valence-electron chi connectivity index (χ0n) is 10.2. The minimum absolute atomic E-state index is 0.0184. The Morgan fingerprint density at radius 1 is 1.28 bits per heavy atom. The molecule has 0 heterocycles. The van der Waals surface area contributed by atoms with E-state index in [9.17, 15) is 4.79 Å². The molecule has 94 valence electrons. The van der Waals surface area contributed by atoms with Crippen LogP contribution in [-0.4, -0.2) is 17.9 Å². The molecule has 1 aromatic rings. The standard InChI is InChI=1S/C15H17NO2/c16-12-5-4-11(8-12)15(17)10-2-1-3-14(9-10)18-13-6-7-13/h1-5,9,11-13H,6-8,16H2. The number of hydrogen-bond donors (Lipinski definition) is 1. The van der Waals surface area contributed by atoms with E-state index in [1.807, 2.05) is 36.4 Å². The maximum absolute atomic E-state index is 12.3. The maximum Gasteiger partial charge on any atom is 0.169 e. The average Bonchev–Trinajstić information content (AvgIpc) is 3.08. The number of nitrogens with two attached hydrogens (primary N) is 1. The van der Waals surface area contributed by atoms with Crippen molar-refractivity contribution in [2.75, 3.05) is 0 Å². The predicted molar refractivity (Wildman–Crippen MR) is 69.6 cm³/mol. The van der Waals surface area contributed by atoms with Crippen LogP contribution in [0.5, 0.6) is 5.75 Å². The fourth-order valence-corrected chi connectivity index (χ4v) is 2.24. The lowest BCUT2D eigenvalue weighted by atomic mass is 9.96. The molecule has 3 heteroatoms. The number of rotatable bonds is 4. The van der Waals surface area contributed by atoms with E-state index in [-0.39, 0.29) is 17.7 Å². The zero-order chi connectivity index (χ0) is 12.5. The van der Waals surface area contributed by atoms with Gasteiger partial charge in [0.25, 0.3) is 0 Å². The van der Waals surface area contributed by atoms with Crippen molar-refractivity contribution in [3.63, 3.8) is 0 Å². The molecular formula is C15H17NO2. The second-order valence-electron chi connectivity index (χ2n) is 5.10. The normalized spacial score (nSPS) is 26.3. The Balaban J connectivity index is 1.74. The lowest BCUT2D eigenvalue weighted by Gasteiger charge is -2.10. The van der Waals surface area contributed by atoms with Gasteiger partial charge in [-0.05, 0) is 31.4 Å². The van der Waals surface area contributed by atoms with Crippen molar-refractivity contribution >= 4 is 5.78 Å². The summed E-state index contributed by atoms with van der Waals surface area (Å²) in [4.78, 5) is 12.3. The summed E-state index contributed by atoms with van der Waals surface area (Å²) in [6.45, 7) is 0. The van der Waals surface area contributed by atoms with Gasteiger partial charge < -0.3 is 10.5 Å². The summed E-state index contributed by atoms with van der Waals surface area (Å²) in [6.07, 6.45) is 7.15. The summed E-state index contributed by atoms with van der Waals surface area (Å²) in [6, 6.07) is 7.50. The molecule has 18 heavy (non-hydrogen) atoms. The first-order valence-corrected chi connectivity index (χ1v) is 6.47. The number of carbonyl (C=O) groups is 1. The SMILES string of the molecule is NC1C=CC(C(=O)c2cccc(OC3CC3)c2)C1. The smallest absolute Gasteiger partial charge is 0.169 e. The minimum Gasteiger partial charge on any atom is -0.490 e. The third-order valence-corrected chi connectivity index (χ3v) is 3.40. The summed E-state index contributed by atoms with van der Waals surface area (Å²) in [5, 5.41) is 0. The first-order valence-electron chi connectivity index (χ1n) is 6.47. The van der Waals surface area contributed by atoms with E-state index < -0.39 is 0 Å².